The molecular weight excluding hydrogens is 344 g/mol. The first-order valence-corrected chi connectivity index (χ1v) is 10.2. The Morgan fingerprint density at radius 1 is 1.26 bits per heavy atom. The highest BCUT2D eigenvalue weighted by Crippen LogP contribution is 2.33. The standard InChI is InChI=1S/C22H36O5/c1-4-5-9-15(2)19(23)13-12-18-17(20(24)14-21(18)25)11-8-6-7-10-16(3)22(26)27/h6,8,12-13,15-19,21,23,25H,4-5,7,9-11,14H2,1-3H3,(H,26,27)/b8-6-,13-12+/t15-,16?,17-,18-,19-,21-/m1/s1. The summed E-state index contributed by atoms with van der Waals surface area (Å²) in [5.41, 5.74) is 0. The van der Waals surface area contributed by atoms with Crippen molar-refractivity contribution in [2.75, 3.05) is 0 Å². The molecule has 0 radical (unpaired) electrons. The second-order valence-electron chi connectivity index (χ2n) is 7.94. The van der Waals surface area contributed by atoms with Gasteiger partial charge in [0.2, 0.25) is 0 Å². The average Bonchev–Trinajstić information content (AvgIpc) is 2.89. The molecule has 1 aliphatic rings. The van der Waals surface area contributed by atoms with E-state index in [2.05, 4.69) is 6.92 Å². The molecule has 1 rings (SSSR count). The summed E-state index contributed by atoms with van der Waals surface area (Å²) in [5, 5.41) is 29.4. The number of hydrogen-bond donors (Lipinski definition) is 3. The Balaban J connectivity index is 2.57. The molecule has 27 heavy (non-hydrogen) atoms. The van der Waals surface area contributed by atoms with E-state index < -0.39 is 18.2 Å². The lowest BCUT2D eigenvalue weighted by Crippen LogP contribution is -2.20. The van der Waals surface area contributed by atoms with E-state index in [9.17, 15) is 19.8 Å². The lowest BCUT2D eigenvalue weighted by atomic mass is 9.89. The minimum Gasteiger partial charge on any atom is -0.481 e. The number of carboxylic acid groups (broad SMARTS) is 1. The Kier molecular flexibility index (Phi) is 10.6. The lowest BCUT2D eigenvalue weighted by Gasteiger charge is -2.19. The van der Waals surface area contributed by atoms with Crippen LogP contribution in [-0.2, 0) is 9.59 Å². The fourth-order valence-electron chi connectivity index (χ4n) is 3.49. The second-order valence-corrected chi connectivity index (χ2v) is 7.94. The summed E-state index contributed by atoms with van der Waals surface area (Å²) >= 11 is 0. The molecule has 0 amide bonds. The van der Waals surface area contributed by atoms with E-state index in [4.69, 9.17) is 5.11 Å². The summed E-state index contributed by atoms with van der Waals surface area (Å²) < 4.78 is 0. The van der Waals surface area contributed by atoms with E-state index >= 15 is 0 Å². The van der Waals surface area contributed by atoms with E-state index in [1.54, 1.807) is 13.0 Å². The van der Waals surface area contributed by atoms with Crippen LogP contribution in [0.15, 0.2) is 24.3 Å². The van der Waals surface area contributed by atoms with Crippen LogP contribution in [0.2, 0.25) is 0 Å². The highest BCUT2D eigenvalue weighted by Gasteiger charge is 2.39. The molecule has 0 bridgehead atoms. The molecule has 1 fully saturated rings. The van der Waals surface area contributed by atoms with Gasteiger partial charge in [0, 0.05) is 18.3 Å². The largest absolute Gasteiger partial charge is 0.481 e. The molecular formula is C22H36O5. The van der Waals surface area contributed by atoms with Gasteiger partial charge in [-0.05, 0) is 31.6 Å². The van der Waals surface area contributed by atoms with E-state index in [0.717, 1.165) is 19.3 Å². The van der Waals surface area contributed by atoms with Gasteiger partial charge >= 0.3 is 5.97 Å². The molecule has 1 unspecified atom stereocenters. The molecule has 1 aliphatic carbocycles. The van der Waals surface area contributed by atoms with E-state index in [1.807, 2.05) is 25.2 Å². The van der Waals surface area contributed by atoms with Crippen LogP contribution in [0.5, 0.6) is 0 Å². The molecule has 0 spiro atoms. The SMILES string of the molecule is CCCC[C@@H](C)[C@H](O)/C=C/[C@H]1[C@H](O)CC(=O)[C@@H]1C/C=C\CCC(C)C(=O)O. The number of ketones is 1. The molecule has 154 valence electrons. The summed E-state index contributed by atoms with van der Waals surface area (Å²) in [5.74, 6) is -1.51. The number of aliphatic hydroxyl groups is 2. The molecule has 5 heteroatoms. The molecule has 6 atom stereocenters. The molecule has 0 aromatic heterocycles. The third kappa shape index (κ3) is 7.97. The summed E-state index contributed by atoms with van der Waals surface area (Å²) in [6, 6.07) is 0. The van der Waals surface area contributed by atoms with E-state index in [1.165, 1.54) is 0 Å². The maximum absolute atomic E-state index is 12.2. The number of Topliss-reactive ketones (excluding diaryl/α,β-unsaturated/α-hetero) is 1. The van der Waals surface area contributed by atoms with Crippen molar-refractivity contribution in [3.63, 3.8) is 0 Å². The quantitative estimate of drug-likeness (QED) is 0.448. The number of carbonyl (C=O) groups is 2. The average molecular weight is 381 g/mol. The summed E-state index contributed by atoms with van der Waals surface area (Å²) in [6.45, 7) is 5.82. The first-order valence-electron chi connectivity index (χ1n) is 10.2. The number of hydrogen-bond acceptors (Lipinski definition) is 4. The molecule has 0 aromatic rings. The number of carbonyl (C=O) groups excluding carboxylic acids is 1. The third-order valence-corrected chi connectivity index (χ3v) is 5.60. The van der Waals surface area contributed by atoms with E-state index in [-0.39, 0.29) is 35.9 Å². The van der Waals surface area contributed by atoms with Crippen LogP contribution < -0.4 is 0 Å². The highest BCUT2D eigenvalue weighted by molar-refractivity contribution is 5.84. The van der Waals surface area contributed by atoms with Gasteiger partial charge < -0.3 is 15.3 Å². The van der Waals surface area contributed by atoms with Gasteiger partial charge in [0.1, 0.15) is 5.78 Å². The Bertz CT molecular complexity index is 525. The van der Waals surface area contributed by atoms with E-state index in [0.29, 0.717) is 19.3 Å². The van der Waals surface area contributed by atoms with Crippen molar-refractivity contribution in [1.29, 1.82) is 0 Å². The molecule has 0 saturated heterocycles. The smallest absolute Gasteiger partial charge is 0.306 e. The number of aliphatic hydroxyl groups excluding tert-OH is 2. The third-order valence-electron chi connectivity index (χ3n) is 5.60. The van der Waals surface area contributed by atoms with Crippen molar-refractivity contribution in [2.24, 2.45) is 23.7 Å². The molecule has 0 heterocycles. The molecule has 1 saturated carbocycles. The first-order chi connectivity index (χ1) is 12.8. The van der Waals surface area contributed by atoms with Gasteiger partial charge in [-0.15, -0.1) is 0 Å². The second kappa shape index (κ2) is 12.1. The van der Waals surface area contributed by atoms with Crippen LogP contribution >= 0.6 is 0 Å². The van der Waals surface area contributed by atoms with Crippen LogP contribution in [0.4, 0.5) is 0 Å². The Morgan fingerprint density at radius 3 is 2.59 bits per heavy atom. The van der Waals surface area contributed by atoms with Gasteiger partial charge in [0.25, 0.3) is 0 Å². The summed E-state index contributed by atoms with van der Waals surface area (Å²) in [6.07, 6.45) is 11.2. The molecule has 3 N–H and O–H groups in total. The van der Waals surface area contributed by atoms with Gasteiger partial charge in [-0.25, -0.2) is 0 Å². The topological polar surface area (TPSA) is 94.8 Å². The lowest BCUT2D eigenvalue weighted by molar-refractivity contribution is -0.141. The summed E-state index contributed by atoms with van der Waals surface area (Å²) in [4.78, 5) is 23.0. The zero-order valence-corrected chi connectivity index (χ0v) is 16.9. The number of carboxylic acids is 1. The molecule has 0 aliphatic heterocycles. The normalized spacial score (nSPS) is 26.7. The van der Waals surface area contributed by atoms with Crippen LogP contribution in [0.1, 0.15) is 65.7 Å². The van der Waals surface area contributed by atoms with Gasteiger partial charge in [0.15, 0.2) is 0 Å². The molecule has 5 nitrogen and oxygen atoms in total. The van der Waals surface area contributed by atoms with Crippen molar-refractivity contribution in [2.45, 2.75) is 77.9 Å². The number of unbranched alkanes of at least 4 members (excludes halogenated alkanes) is 1. The number of aliphatic carboxylic acids is 1. The molecule has 0 aromatic carbocycles. The van der Waals surface area contributed by atoms with Crippen LogP contribution in [0.25, 0.3) is 0 Å². The predicted octanol–water partition coefficient (Wildman–Crippen LogP) is 3.74. The maximum Gasteiger partial charge on any atom is 0.306 e. The minimum absolute atomic E-state index is 0.0502. The fourth-order valence-corrected chi connectivity index (χ4v) is 3.49. The van der Waals surface area contributed by atoms with Crippen LogP contribution in [0, 0.1) is 23.7 Å². The number of allylic oxidation sites excluding steroid dienone is 2. The zero-order chi connectivity index (χ0) is 20.4. The minimum atomic E-state index is -0.797. The number of rotatable bonds is 12. The van der Waals surface area contributed by atoms with Crippen molar-refractivity contribution < 1.29 is 24.9 Å². The zero-order valence-electron chi connectivity index (χ0n) is 16.9. The van der Waals surface area contributed by atoms with Gasteiger partial charge in [-0.2, -0.15) is 0 Å². The predicted molar refractivity (Wildman–Crippen MR) is 106 cm³/mol. The maximum atomic E-state index is 12.2. The fraction of sp³-hybridized carbons (Fsp3) is 0.727. The highest BCUT2D eigenvalue weighted by atomic mass is 16.4. The monoisotopic (exact) mass is 380 g/mol. The Labute approximate surface area is 163 Å². The first kappa shape index (κ1) is 23.6. The van der Waals surface area contributed by atoms with Gasteiger partial charge in [-0.1, -0.05) is 57.9 Å². The summed E-state index contributed by atoms with van der Waals surface area (Å²) in [7, 11) is 0. The van der Waals surface area contributed by atoms with Gasteiger partial charge in [0.05, 0.1) is 18.1 Å². The Hall–Kier alpha value is -1.46. The van der Waals surface area contributed by atoms with Gasteiger partial charge in [-0.3, -0.25) is 9.59 Å². The van der Waals surface area contributed by atoms with Crippen LogP contribution in [0.3, 0.4) is 0 Å². The van der Waals surface area contributed by atoms with Crippen molar-refractivity contribution in [1.82, 2.24) is 0 Å². The van der Waals surface area contributed by atoms with Crippen molar-refractivity contribution in [3.05, 3.63) is 24.3 Å². The van der Waals surface area contributed by atoms with Crippen molar-refractivity contribution in [3.8, 4) is 0 Å². The van der Waals surface area contributed by atoms with Crippen molar-refractivity contribution >= 4 is 11.8 Å². The van der Waals surface area contributed by atoms with Crippen LogP contribution in [-0.4, -0.2) is 39.3 Å². The Morgan fingerprint density at radius 2 is 1.96 bits per heavy atom.